The van der Waals surface area contributed by atoms with Crippen molar-refractivity contribution in [3.63, 3.8) is 0 Å². The first-order chi connectivity index (χ1) is 10.0. The summed E-state index contributed by atoms with van der Waals surface area (Å²) in [6.45, 7) is 4.96. The van der Waals surface area contributed by atoms with E-state index in [1.54, 1.807) is 19.1 Å². The second-order valence-electron chi connectivity index (χ2n) is 4.64. The molecule has 0 saturated heterocycles. The Bertz CT molecular complexity index is 682. The Morgan fingerprint density at radius 3 is 2.67 bits per heavy atom. The number of anilines is 1. The number of hydrogen-bond acceptors (Lipinski definition) is 5. The van der Waals surface area contributed by atoms with Crippen molar-refractivity contribution in [2.45, 2.75) is 31.7 Å². The summed E-state index contributed by atoms with van der Waals surface area (Å²) in [4.78, 5) is 4.06. The monoisotopic (exact) mass is 309 g/mol. The number of nitrogens with one attached hydrogen (secondary N) is 3. The lowest BCUT2D eigenvalue weighted by atomic mass is 10.3. The van der Waals surface area contributed by atoms with E-state index in [-0.39, 0.29) is 4.90 Å². The zero-order valence-electron chi connectivity index (χ0n) is 12.0. The summed E-state index contributed by atoms with van der Waals surface area (Å²) in [6, 6.07) is 3.20. The quantitative estimate of drug-likeness (QED) is 0.672. The van der Waals surface area contributed by atoms with Crippen LogP contribution in [0.1, 0.15) is 24.7 Å². The molecule has 0 atom stereocenters. The average molecular weight is 309 g/mol. The molecule has 0 fully saturated rings. The highest BCUT2D eigenvalue weighted by Gasteiger charge is 2.24. The average Bonchev–Trinajstić information content (AvgIpc) is 2.82. The summed E-state index contributed by atoms with van der Waals surface area (Å²) in [6.07, 6.45) is 4.04. The topological polar surface area (TPSA) is 99.8 Å². The lowest BCUT2D eigenvalue weighted by Crippen LogP contribution is -2.19. The van der Waals surface area contributed by atoms with E-state index in [0.29, 0.717) is 23.6 Å². The first-order valence-electron chi connectivity index (χ1n) is 6.72. The summed E-state index contributed by atoms with van der Waals surface area (Å²) >= 11 is 0. The van der Waals surface area contributed by atoms with Crippen molar-refractivity contribution in [3.8, 4) is 0 Å². The van der Waals surface area contributed by atoms with Gasteiger partial charge < -0.3 is 5.32 Å². The number of pyridine rings is 1. The van der Waals surface area contributed by atoms with Crippen molar-refractivity contribution in [1.82, 2.24) is 20.5 Å². The Morgan fingerprint density at radius 1 is 1.29 bits per heavy atom. The molecular weight excluding hydrogens is 290 g/mol. The van der Waals surface area contributed by atoms with Crippen LogP contribution in [0.25, 0.3) is 0 Å². The van der Waals surface area contributed by atoms with Crippen molar-refractivity contribution < 1.29 is 8.42 Å². The molecule has 114 valence electrons. The fraction of sp³-hybridized carbons (Fsp3) is 0.385. The molecule has 0 amide bonds. The smallest absolute Gasteiger partial charge is 0.265 e. The van der Waals surface area contributed by atoms with E-state index in [2.05, 4.69) is 25.2 Å². The largest absolute Gasteiger partial charge is 0.311 e. The number of hydrogen-bond donors (Lipinski definition) is 3. The van der Waals surface area contributed by atoms with E-state index in [1.807, 2.05) is 6.92 Å². The molecule has 2 aromatic rings. The second kappa shape index (κ2) is 6.68. The van der Waals surface area contributed by atoms with Gasteiger partial charge in [-0.1, -0.05) is 6.92 Å². The maximum atomic E-state index is 12.5. The van der Waals surface area contributed by atoms with Crippen LogP contribution in [-0.2, 0) is 16.6 Å². The molecule has 0 unspecified atom stereocenters. The van der Waals surface area contributed by atoms with Crippen molar-refractivity contribution in [2.24, 2.45) is 0 Å². The Kier molecular flexibility index (Phi) is 4.92. The molecule has 7 nitrogen and oxygen atoms in total. The lowest BCUT2D eigenvalue weighted by Gasteiger charge is -2.09. The van der Waals surface area contributed by atoms with Gasteiger partial charge in [0.15, 0.2) is 0 Å². The van der Waals surface area contributed by atoms with E-state index in [0.717, 1.165) is 13.0 Å². The van der Waals surface area contributed by atoms with Gasteiger partial charge >= 0.3 is 0 Å². The number of aryl methyl sites for hydroxylation is 1. The summed E-state index contributed by atoms with van der Waals surface area (Å²) in [5.41, 5.74) is 1.48. The van der Waals surface area contributed by atoms with E-state index >= 15 is 0 Å². The first kappa shape index (κ1) is 15.5. The Hall–Kier alpha value is -1.93. The van der Waals surface area contributed by atoms with Gasteiger partial charge in [-0.3, -0.25) is 14.8 Å². The fourth-order valence-corrected chi connectivity index (χ4v) is 3.38. The van der Waals surface area contributed by atoms with Gasteiger partial charge in [0.1, 0.15) is 4.90 Å². The number of aromatic amines is 1. The SMILES string of the molecule is CCCNCc1n[nH]c(C)c1S(=O)(=O)Nc1ccncc1. The maximum Gasteiger partial charge on any atom is 0.265 e. The molecule has 0 aliphatic carbocycles. The molecule has 8 heteroatoms. The number of aromatic nitrogens is 3. The van der Waals surface area contributed by atoms with Gasteiger partial charge in [0.2, 0.25) is 0 Å². The molecule has 0 aromatic carbocycles. The van der Waals surface area contributed by atoms with E-state index in [9.17, 15) is 8.42 Å². The highest BCUT2D eigenvalue weighted by atomic mass is 32.2. The maximum absolute atomic E-state index is 12.5. The number of nitrogens with zero attached hydrogens (tertiary/aromatic N) is 2. The van der Waals surface area contributed by atoms with Gasteiger partial charge in [0.25, 0.3) is 10.0 Å². The minimum Gasteiger partial charge on any atom is -0.311 e. The standard InChI is InChI=1S/C13H19N5O2S/c1-3-6-15-9-12-13(10(2)16-17-12)21(19,20)18-11-4-7-14-8-5-11/h4-5,7-8,15H,3,6,9H2,1-2H3,(H,14,18)(H,16,17). The zero-order chi connectivity index (χ0) is 15.3. The highest BCUT2D eigenvalue weighted by molar-refractivity contribution is 7.92. The zero-order valence-corrected chi connectivity index (χ0v) is 12.9. The predicted molar refractivity (Wildman–Crippen MR) is 80.4 cm³/mol. The number of rotatable bonds is 7. The summed E-state index contributed by atoms with van der Waals surface area (Å²) in [5, 5.41) is 9.97. The van der Waals surface area contributed by atoms with Gasteiger partial charge in [0.05, 0.1) is 17.1 Å². The molecule has 0 saturated carbocycles. The molecule has 0 bridgehead atoms. The number of H-pyrrole nitrogens is 1. The third-order valence-corrected chi connectivity index (χ3v) is 4.47. The van der Waals surface area contributed by atoms with Gasteiger partial charge in [-0.2, -0.15) is 5.10 Å². The van der Waals surface area contributed by atoms with Gasteiger partial charge in [-0.25, -0.2) is 8.42 Å². The summed E-state index contributed by atoms with van der Waals surface area (Å²) in [7, 11) is -3.68. The first-order valence-corrected chi connectivity index (χ1v) is 8.20. The molecule has 2 rings (SSSR count). The predicted octanol–water partition coefficient (Wildman–Crippen LogP) is 1.41. The second-order valence-corrected chi connectivity index (χ2v) is 6.26. The van der Waals surface area contributed by atoms with Gasteiger partial charge in [0, 0.05) is 18.9 Å². The molecule has 0 aliphatic heterocycles. The van der Waals surface area contributed by atoms with Crippen LogP contribution in [0.3, 0.4) is 0 Å². The highest BCUT2D eigenvalue weighted by Crippen LogP contribution is 2.21. The lowest BCUT2D eigenvalue weighted by molar-refractivity contribution is 0.596. The fourth-order valence-electron chi connectivity index (χ4n) is 1.96. The van der Waals surface area contributed by atoms with E-state index in [1.165, 1.54) is 12.4 Å². The molecular formula is C13H19N5O2S. The molecule has 0 radical (unpaired) electrons. The van der Waals surface area contributed by atoms with Crippen molar-refractivity contribution in [1.29, 1.82) is 0 Å². The van der Waals surface area contributed by atoms with E-state index in [4.69, 9.17) is 0 Å². The van der Waals surface area contributed by atoms with Crippen LogP contribution in [0.2, 0.25) is 0 Å². The van der Waals surface area contributed by atoms with Gasteiger partial charge in [-0.15, -0.1) is 0 Å². The van der Waals surface area contributed by atoms with Crippen LogP contribution in [0.5, 0.6) is 0 Å². The molecule has 2 aromatic heterocycles. The molecule has 0 aliphatic rings. The van der Waals surface area contributed by atoms with Gasteiger partial charge in [-0.05, 0) is 32.0 Å². The molecule has 3 N–H and O–H groups in total. The molecule has 21 heavy (non-hydrogen) atoms. The van der Waals surface area contributed by atoms with Crippen molar-refractivity contribution >= 4 is 15.7 Å². The van der Waals surface area contributed by atoms with Crippen LogP contribution < -0.4 is 10.0 Å². The Morgan fingerprint density at radius 2 is 2.00 bits per heavy atom. The van der Waals surface area contributed by atoms with Crippen molar-refractivity contribution in [2.75, 3.05) is 11.3 Å². The molecule has 2 heterocycles. The van der Waals surface area contributed by atoms with Crippen LogP contribution >= 0.6 is 0 Å². The number of sulfonamides is 1. The van der Waals surface area contributed by atoms with Crippen molar-refractivity contribution in [3.05, 3.63) is 35.9 Å². The van der Waals surface area contributed by atoms with E-state index < -0.39 is 10.0 Å². The normalized spacial score (nSPS) is 11.5. The molecule has 0 spiro atoms. The third-order valence-electron chi connectivity index (χ3n) is 2.88. The minimum absolute atomic E-state index is 0.197. The third kappa shape index (κ3) is 3.79. The van der Waals surface area contributed by atoms with Crippen LogP contribution in [0, 0.1) is 6.92 Å². The summed E-state index contributed by atoms with van der Waals surface area (Å²) in [5.74, 6) is 0. The Balaban J connectivity index is 2.25. The van der Waals surface area contributed by atoms with Crippen LogP contribution in [0.4, 0.5) is 5.69 Å². The van der Waals surface area contributed by atoms with Crippen LogP contribution in [-0.4, -0.2) is 30.1 Å². The summed E-state index contributed by atoms with van der Waals surface area (Å²) < 4.78 is 27.6. The van der Waals surface area contributed by atoms with Crippen LogP contribution in [0.15, 0.2) is 29.4 Å². The Labute approximate surface area is 124 Å². The minimum atomic E-state index is -3.68.